The van der Waals surface area contributed by atoms with E-state index < -0.39 is 0 Å². The molecule has 1 N–H and O–H groups in total. The third kappa shape index (κ3) is 5.64. The Labute approximate surface area is 155 Å². The van der Waals surface area contributed by atoms with Crippen LogP contribution < -0.4 is 5.32 Å². The molecule has 1 fully saturated rings. The average molecular weight is 353 g/mol. The second-order valence-electron chi connectivity index (χ2n) is 6.66. The lowest BCUT2D eigenvalue weighted by Crippen LogP contribution is -2.42. The van der Waals surface area contributed by atoms with Crippen LogP contribution in [0.1, 0.15) is 30.5 Å². The number of carbonyl (C=O) groups excluding carboxylic acids is 1. The highest BCUT2D eigenvalue weighted by atomic mass is 16.5. The molecule has 3 rings (SSSR count). The molecule has 0 spiro atoms. The minimum atomic E-state index is 0.0403. The van der Waals surface area contributed by atoms with Crippen molar-refractivity contribution in [2.75, 3.05) is 19.7 Å². The average Bonchev–Trinajstić information content (AvgIpc) is 2.97. The van der Waals surface area contributed by atoms with Gasteiger partial charge in [-0.25, -0.2) is 0 Å². The van der Waals surface area contributed by atoms with Crippen LogP contribution in [0.4, 0.5) is 0 Å². The van der Waals surface area contributed by atoms with E-state index in [4.69, 9.17) is 4.74 Å². The van der Waals surface area contributed by atoms with Crippen LogP contribution in [0.2, 0.25) is 0 Å². The molecule has 1 saturated heterocycles. The maximum Gasteiger partial charge on any atom is 0.249 e. The summed E-state index contributed by atoms with van der Waals surface area (Å²) in [6, 6.07) is 16.0. The fraction of sp³-hybridized carbons (Fsp3) is 0.429. The van der Waals surface area contributed by atoms with Crippen LogP contribution in [-0.2, 0) is 22.7 Å². The van der Waals surface area contributed by atoms with E-state index in [1.165, 1.54) is 0 Å². The van der Waals surface area contributed by atoms with E-state index in [2.05, 4.69) is 10.3 Å². The third-order valence-corrected chi connectivity index (χ3v) is 4.70. The molecule has 2 aromatic rings. The molecule has 138 valence electrons. The fourth-order valence-electron chi connectivity index (χ4n) is 3.31. The highest BCUT2D eigenvalue weighted by Crippen LogP contribution is 2.17. The first-order chi connectivity index (χ1) is 12.8. The van der Waals surface area contributed by atoms with Crippen molar-refractivity contribution >= 4 is 5.91 Å². The van der Waals surface area contributed by atoms with Crippen molar-refractivity contribution in [3.05, 3.63) is 66.0 Å². The molecule has 1 aromatic heterocycles. The highest BCUT2D eigenvalue weighted by molar-refractivity contribution is 5.77. The van der Waals surface area contributed by atoms with E-state index in [-0.39, 0.29) is 18.6 Å². The van der Waals surface area contributed by atoms with Crippen LogP contribution in [0.5, 0.6) is 0 Å². The summed E-state index contributed by atoms with van der Waals surface area (Å²) in [4.78, 5) is 19.3. The van der Waals surface area contributed by atoms with Gasteiger partial charge in [-0.3, -0.25) is 9.78 Å². The van der Waals surface area contributed by atoms with Gasteiger partial charge in [-0.15, -0.1) is 0 Å². The number of benzene rings is 1. The summed E-state index contributed by atoms with van der Waals surface area (Å²) in [6.07, 6.45) is 4.85. The molecular formula is C21H27N3O2. The van der Waals surface area contributed by atoms with Gasteiger partial charge in [0.2, 0.25) is 5.91 Å². The van der Waals surface area contributed by atoms with Gasteiger partial charge in [0.1, 0.15) is 6.61 Å². The Morgan fingerprint density at radius 2 is 1.96 bits per heavy atom. The minimum absolute atomic E-state index is 0.0403. The number of ether oxygens (including phenoxy) is 1. The molecular weight excluding hydrogens is 326 g/mol. The number of amides is 1. The number of hydrogen-bond acceptors (Lipinski definition) is 4. The maximum absolute atomic E-state index is 12.9. The van der Waals surface area contributed by atoms with Gasteiger partial charge in [0, 0.05) is 12.2 Å². The quantitative estimate of drug-likeness (QED) is 0.832. The normalized spacial score (nSPS) is 17.5. The van der Waals surface area contributed by atoms with Crippen LogP contribution in [0.15, 0.2) is 54.7 Å². The van der Waals surface area contributed by atoms with Gasteiger partial charge in [0.05, 0.1) is 18.8 Å². The molecule has 5 nitrogen and oxygen atoms in total. The Bertz CT molecular complexity index is 655. The van der Waals surface area contributed by atoms with Crippen molar-refractivity contribution in [1.82, 2.24) is 15.2 Å². The van der Waals surface area contributed by atoms with E-state index in [0.717, 1.165) is 43.6 Å². The van der Waals surface area contributed by atoms with Crippen LogP contribution in [0, 0.1) is 0 Å². The summed E-state index contributed by atoms with van der Waals surface area (Å²) in [5, 5.41) is 3.41. The van der Waals surface area contributed by atoms with Gasteiger partial charge >= 0.3 is 0 Å². The molecule has 1 aromatic carbocycles. The van der Waals surface area contributed by atoms with E-state index >= 15 is 0 Å². The molecule has 2 heterocycles. The van der Waals surface area contributed by atoms with Crippen molar-refractivity contribution in [3.63, 3.8) is 0 Å². The molecule has 0 bridgehead atoms. The van der Waals surface area contributed by atoms with Crippen molar-refractivity contribution in [2.45, 2.75) is 38.5 Å². The number of nitrogens with zero attached hydrogens (tertiary/aromatic N) is 2. The van der Waals surface area contributed by atoms with E-state index in [9.17, 15) is 4.79 Å². The molecule has 5 heteroatoms. The lowest BCUT2D eigenvalue weighted by Gasteiger charge is -2.31. The second kappa shape index (κ2) is 10.0. The molecule has 0 aliphatic carbocycles. The van der Waals surface area contributed by atoms with Crippen LogP contribution >= 0.6 is 0 Å². The molecule has 1 atom stereocenters. The standard InChI is InChI=1S/C21H27N3O2/c25-21(17-26-16-18-7-2-1-3-8-18)24(15-19-9-4-5-13-23-19)20-10-6-12-22-14-11-20/h1-5,7-9,13,20,22H,6,10-12,14-17H2. The zero-order valence-electron chi connectivity index (χ0n) is 15.1. The van der Waals surface area contributed by atoms with Gasteiger partial charge in [-0.05, 0) is 50.0 Å². The van der Waals surface area contributed by atoms with Crippen LogP contribution in [0.3, 0.4) is 0 Å². The first-order valence-corrected chi connectivity index (χ1v) is 9.34. The third-order valence-electron chi connectivity index (χ3n) is 4.70. The highest BCUT2D eigenvalue weighted by Gasteiger charge is 2.25. The first kappa shape index (κ1) is 18.5. The van der Waals surface area contributed by atoms with Gasteiger partial charge in [-0.2, -0.15) is 0 Å². The van der Waals surface area contributed by atoms with Crippen molar-refractivity contribution in [3.8, 4) is 0 Å². The smallest absolute Gasteiger partial charge is 0.249 e. The molecule has 0 radical (unpaired) electrons. The second-order valence-corrected chi connectivity index (χ2v) is 6.66. The monoisotopic (exact) mass is 353 g/mol. The molecule has 1 aliphatic rings. The number of nitrogens with one attached hydrogen (secondary N) is 1. The molecule has 0 saturated carbocycles. The van der Waals surface area contributed by atoms with E-state index in [0.29, 0.717) is 13.2 Å². The summed E-state index contributed by atoms with van der Waals surface area (Å²) in [6.45, 7) is 3.06. The van der Waals surface area contributed by atoms with Crippen LogP contribution in [-0.4, -0.2) is 41.5 Å². The lowest BCUT2D eigenvalue weighted by atomic mass is 10.1. The number of carbonyl (C=O) groups is 1. The van der Waals surface area contributed by atoms with Crippen molar-refractivity contribution in [2.24, 2.45) is 0 Å². The topological polar surface area (TPSA) is 54.5 Å². The zero-order chi connectivity index (χ0) is 18.0. The molecule has 1 amide bonds. The Kier molecular flexibility index (Phi) is 7.16. The van der Waals surface area contributed by atoms with Gasteiger partial charge in [0.25, 0.3) is 0 Å². The van der Waals surface area contributed by atoms with Crippen molar-refractivity contribution in [1.29, 1.82) is 0 Å². The summed E-state index contributed by atoms with van der Waals surface area (Å²) in [7, 11) is 0. The fourth-order valence-corrected chi connectivity index (χ4v) is 3.31. The Morgan fingerprint density at radius 1 is 1.12 bits per heavy atom. The predicted octanol–water partition coefficient (Wildman–Crippen LogP) is 2.77. The number of hydrogen-bond donors (Lipinski definition) is 1. The van der Waals surface area contributed by atoms with Gasteiger partial charge in [0.15, 0.2) is 0 Å². The van der Waals surface area contributed by atoms with E-state index in [1.54, 1.807) is 6.20 Å². The maximum atomic E-state index is 12.9. The molecule has 26 heavy (non-hydrogen) atoms. The summed E-state index contributed by atoms with van der Waals surface area (Å²) in [5.41, 5.74) is 2.00. The predicted molar refractivity (Wildman–Crippen MR) is 101 cm³/mol. The van der Waals surface area contributed by atoms with Gasteiger partial charge in [-0.1, -0.05) is 36.4 Å². The molecule has 1 aliphatic heterocycles. The number of pyridine rings is 1. The minimum Gasteiger partial charge on any atom is -0.367 e. The lowest BCUT2D eigenvalue weighted by molar-refractivity contribution is -0.140. The van der Waals surface area contributed by atoms with Crippen molar-refractivity contribution < 1.29 is 9.53 Å². The summed E-state index contributed by atoms with van der Waals surface area (Å²) in [5.74, 6) is 0.0403. The SMILES string of the molecule is O=C(COCc1ccccc1)N(Cc1ccccn1)C1CCCNCC1. The largest absolute Gasteiger partial charge is 0.367 e. The Hall–Kier alpha value is -2.24. The zero-order valence-corrected chi connectivity index (χ0v) is 15.1. The number of rotatable bonds is 7. The number of aromatic nitrogens is 1. The Morgan fingerprint density at radius 3 is 2.77 bits per heavy atom. The molecule has 1 unspecified atom stereocenters. The summed E-state index contributed by atoms with van der Waals surface area (Å²) >= 11 is 0. The van der Waals surface area contributed by atoms with Gasteiger partial charge < -0.3 is 15.0 Å². The first-order valence-electron chi connectivity index (χ1n) is 9.34. The Balaban J connectivity index is 1.62. The van der Waals surface area contributed by atoms with Crippen LogP contribution in [0.25, 0.3) is 0 Å². The van der Waals surface area contributed by atoms with E-state index in [1.807, 2.05) is 53.4 Å². The summed E-state index contributed by atoms with van der Waals surface area (Å²) < 4.78 is 5.69.